The Labute approximate surface area is 150 Å². The third-order valence-corrected chi connectivity index (χ3v) is 4.24. The number of unbranched alkanes of at least 4 members (excludes halogenated alkanes) is 1. The van der Waals surface area contributed by atoms with Gasteiger partial charge in [0, 0.05) is 0 Å². The van der Waals surface area contributed by atoms with Crippen LogP contribution in [-0.2, 0) is 4.79 Å². The second kappa shape index (κ2) is 10.6. The largest absolute Gasteiger partial charge is 0.344 e. The van der Waals surface area contributed by atoms with E-state index in [1.54, 1.807) is 0 Å². The van der Waals surface area contributed by atoms with Gasteiger partial charge >= 0.3 is 0 Å². The molecule has 1 atom stereocenters. The van der Waals surface area contributed by atoms with Gasteiger partial charge in [0.2, 0.25) is 5.91 Å². The van der Waals surface area contributed by atoms with Crippen molar-refractivity contribution in [3.05, 3.63) is 71.8 Å². The predicted octanol–water partition coefficient (Wildman–Crippen LogP) is 2.11. The van der Waals surface area contributed by atoms with Crippen LogP contribution in [0.3, 0.4) is 0 Å². The van der Waals surface area contributed by atoms with Crippen molar-refractivity contribution in [2.24, 2.45) is 5.84 Å². The van der Waals surface area contributed by atoms with E-state index in [-0.39, 0.29) is 11.9 Å². The standard InChI is InChI=1S/C20H28N4O/c1-22-15-9-8-14-18(24-21)20(25)23-19(16-10-4-2-5-11-16)17-12-6-3-7-13-17/h2-7,10-13,18-19,22,24H,8-9,14-15,21H2,1H3,(H,23,25). The summed E-state index contributed by atoms with van der Waals surface area (Å²) in [6, 6.07) is 19.4. The summed E-state index contributed by atoms with van der Waals surface area (Å²) < 4.78 is 0. The van der Waals surface area contributed by atoms with E-state index >= 15 is 0 Å². The number of amides is 1. The van der Waals surface area contributed by atoms with Gasteiger partial charge in [-0.3, -0.25) is 10.6 Å². The van der Waals surface area contributed by atoms with Crippen LogP contribution in [0, 0.1) is 0 Å². The van der Waals surface area contributed by atoms with Crippen LogP contribution in [0.15, 0.2) is 60.7 Å². The first kappa shape index (κ1) is 19.1. The fraction of sp³-hybridized carbons (Fsp3) is 0.350. The molecule has 0 bridgehead atoms. The molecule has 0 saturated heterocycles. The van der Waals surface area contributed by atoms with Crippen molar-refractivity contribution < 1.29 is 4.79 Å². The number of hydrazine groups is 1. The molecule has 5 nitrogen and oxygen atoms in total. The molecular formula is C20H28N4O. The number of hydrogen-bond donors (Lipinski definition) is 4. The third-order valence-electron chi connectivity index (χ3n) is 4.24. The van der Waals surface area contributed by atoms with Crippen molar-refractivity contribution in [2.45, 2.75) is 31.3 Å². The van der Waals surface area contributed by atoms with Gasteiger partial charge in [0.25, 0.3) is 0 Å². The zero-order valence-electron chi connectivity index (χ0n) is 14.7. The summed E-state index contributed by atoms with van der Waals surface area (Å²) in [5.41, 5.74) is 4.75. The van der Waals surface area contributed by atoms with Crippen LogP contribution >= 0.6 is 0 Å². The molecule has 2 aromatic carbocycles. The van der Waals surface area contributed by atoms with Crippen molar-refractivity contribution in [1.29, 1.82) is 0 Å². The molecule has 2 rings (SSSR count). The second-order valence-electron chi connectivity index (χ2n) is 6.08. The Morgan fingerprint density at radius 2 is 1.52 bits per heavy atom. The van der Waals surface area contributed by atoms with Crippen molar-refractivity contribution in [1.82, 2.24) is 16.1 Å². The number of rotatable bonds is 10. The van der Waals surface area contributed by atoms with Crippen LogP contribution in [0.1, 0.15) is 36.4 Å². The highest BCUT2D eigenvalue weighted by Crippen LogP contribution is 2.22. The van der Waals surface area contributed by atoms with E-state index in [0.717, 1.165) is 30.5 Å². The van der Waals surface area contributed by atoms with E-state index in [4.69, 9.17) is 5.84 Å². The average Bonchev–Trinajstić information content (AvgIpc) is 2.67. The molecule has 0 aliphatic heterocycles. The van der Waals surface area contributed by atoms with Gasteiger partial charge in [-0.25, -0.2) is 5.43 Å². The van der Waals surface area contributed by atoms with E-state index in [9.17, 15) is 4.79 Å². The van der Waals surface area contributed by atoms with E-state index in [2.05, 4.69) is 16.1 Å². The number of benzene rings is 2. The first-order chi connectivity index (χ1) is 12.3. The monoisotopic (exact) mass is 340 g/mol. The molecule has 25 heavy (non-hydrogen) atoms. The summed E-state index contributed by atoms with van der Waals surface area (Å²) in [6.07, 6.45) is 2.66. The third kappa shape index (κ3) is 5.98. The van der Waals surface area contributed by atoms with Crippen LogP contribution in [-0.4, -0.2) is 25.5 Å². The first-order valence-corrected chi connectivity index (χ1v) is 8.77. The molecule has 0 spiro atoms. The van der Waals surface area contributed by atoms with Crippen LogP contribution < -0.4 is 21.9 Å². The molecule has 0 aliphatic rings. The Balaban J connectivity index is 2.09. The minimum Gasteiger partial charge on any atom is -0.344 e. The molecule has 0 radical (unpaired) electrons. The molecule has 2 aromatic rings. The Bertz CT molecular complexity index is 579. The molecule has 0 saturated carbocycles. The molecule has 5 N–H and O–H groups in total. The van der Waals surface area contributed by atoms with Gasteiger partial charge in [0.15, 0.2) is 0 Å². The summed E-state index contributed by atoms with van der Waals surface area (Å²) in [5.74, 6) is 5.54. The van der Waals surface area contributed by atoms with Crippen molar-refractivity contribution >= 4 is 5.91 Å². The zero-order chi connectivity index (χ0) is 17.9. The topological polar surface area (TPSA) is 79.2 Å². The lowest BCUT2D eigenvalue weighted by Crippen LogP contribution is -2.48. The highest BCUT2D eigenvalue weighted by molar-refractivity contribution is 5.82. The van der Waals surface area contributed by atoms with E-state index < -0.39 is 6.04 Å². The number of carbonyl (C=O) groups excluding carboxylic acids is 1. The van der Waals surface area contributed by atoms with Gasteiger partial charge in [-0.1, -0.05) is 67.1 Å². The van der Waals surface area contributed by atoms with Gasteiger partial charge < -0.3 is 10.6 Å². The number of nitrogens with one attached hydrogen (secondary N) is 3. The molecular weight excluding hydrogens is 312 g/mol. The smallest absolute Gasteiger partial charge is 0.239 e. The quantitative estimate of drug-likeness (QED) is 0.303. The first-order valence-electron chi connectivity index (χ1n) is 8.77. The Kier molecular flexibility index (Phi) is 8.12. The van der Waals surface area contributed by atoms with Crippen LogP contribution in [0.25, 0.3) is 0 Å². The van der Waals surface area contributed by atoms with Gasteiger partial charge in [0.05, 0.1) is 12.1 Å². The molecule has 0 fully saturated rings. The molecule has 1 unspecified atom stereocenters. The summed E-state index contributed by atoms with van der Waals surface area (Å²) in [7, 11) is 1.93. The lowest BCUT2D eigenvalue weighted by Gasteiger charge is -2.23. The predicted molar refractivity (Wildman–Crippen MR) is 102 cm³/mol. The Morgan fingerprint density at radius 1 is 0.960 bits per heavy atom. The van der Waals surface area contributed by atoms with Gasteiger partial charge in [0.1, 0.15) is 0 Å². The number of hydrogen-bond acceptors (Lipinski definition) is 4. The number of carbonyl (C=O) groups is 1. The van der Waals surface area contributed by atoms with Crippen molar-refractivity contribution in [3.8, 4) is 0 Å². The van der Waals surface area contributed by atoms with Gasteiger partial charge in [-0.2, -0.15) is 0 Å². The fourth-order valence-corrected chi connectivity index (χ4v) is 2.83. The highest BCUT2D eigenvalue weighted by Gasteiger charge is 2.22. The van der Waals surface area contributed by atoms with E-state index in [1.807, 2.05) is 67.7 Å². The Hall–Kier alpha value is -2.21. The molecule has 0 heterocycles. The zero-order valence-corrected chi connectivity index (χ0v) is 14.7. The molecule has 5 heteroatoms. The molecule has 134 valence electrons. The SMILES string of the molecule is CNCCCCC(NN)C(=O)NC(c1ccccc1)c1ccccc1. The average molecular weight is 340 g/mol. The van der Waals surface area contributed by atoms with Crippen LogP contribution in [0.4, 0.5) is 0 Å². The lowest BCUT2D eigenvalue weighted by molar-refractivity contribution is -0.123. The summed E-state index contributed by atoms with van der Waals surface area (Å²) in [5, 5.41) is 6.26. The van der Waals surface area contributed by atoms with Crippen LogP contribution in [0.2, 0.25) is 0 Å². The molecule has 1 amide bonds. The minimum atomic E-state index is -0.396. The van der Waals surface area contributed by atoms with E-state index in [0.29, 0.717) is 6.42 Å². The van der Waals surface area contributed by atoms with Crippen LogP contribution in [0.5, 0.6) is 0 Å². The number of nitrogens with two attached hydrogens (primary N) is 1. The van der Waals surface area contributed by atoms with Crippen molar-refractivity contribution in [3.63, 3.8) is 0 Å². The lowest BCUT2D eigenvalue weighted by atomic mass is 9.98. The summed E-state index contributed by atoms with van der Waals surface area (Å²) in [4.78, 5) is 12.7. The maximum Gasteiger partial charge on any atom is 0.239 e. The maximum atomic E-state index is 12.7. The Morgan fingerprint density at radius 3 is 2.00 bits per heavy atom. The van der Waals surface area contributed by atoms with Gasteiger partial charge in [-0.15, -0.1) is 0 Å². The normalized spacial score (nSPS) is 12.1. The maximum absolute atomic E-state index is 12.7. The minimum absolute atomic E-state index is 0.0790. The highest BCUT2D eigenvalue weighted by atomic mass is 16.2. The fourth-order valence-electron chi connectivity index (χ4n) is 2.83. The summed E-state index contributed by atoms with van der Waals surface area (Å²) in [6.45, 7) is 0.940. The van der Waals surface area contributed by atoms with Gasteiger partial charge in [-0.05, 0) is 37.6 Å². The molecule has 0 aliphatic carbocycles. The second-order valence-corrected chi connectivity index (χ2v) is 6.08. The van der Waals surface area contributed by atoms with Crippen molar-refractivity contribution in [2.75, 3.05) is 13.6 Å². The van der Waals surface area contributed by atoms with E-state index in [1.165, 1.54) is 0 Å². The molecule has 0 aromatic heterocycles. The summed E-state index contributed by atoms with van der Waals surface area (Å²) >= 11 is 0.